The highest BCUT2D eigenvalue weighted by Crippen LogP contribution is 2.22. The highest BCUT2D eigenvalue weighted by molar-refractivity contribution is 6.06. The Bertz CT molecular complexity index is 774. The predicted octanol–water partition coefficient (Wildman–Crippen LogP) is 1.44. The number of nitrogens with zero attached hydrogens (tertiary/aromatic N) is 2. The van der Waals surface area contributed by atoms with Crippen LogP contribution in [0.3, 0.4) is 0 Å². The number of para-hydroxylation sites is 1. The van der Waals surface area contributed by atoms with E-state index < -0.39 is 29.4 Å². The number of fused-ring (bicyclic) bond motifs is 1. The third-order valence-electron chi connectivity index (χ3n) is 4.06. The van der Waals surface area contributed by atoms with Gasteiger partial charge in [-0.05, 0) is 24.8 Å². The lowest BCUT2D eigenvalue weighted by Crippen LogP contribution is -2.52. The lowest BCUT2D eigenvalue weighted by atomic mass is 9.86. The molecule has 0 bridgehead atoms. The lowest BCUT2D eigenvalue weighted by Gasteiger charge is -2.28. The van der Waals surface area contributed by atoms with Crippen molar-refractivity contribution in [1.82, 2.24) is 15.1 Å². The van der Waals surface area contributed by atoms with Crippen molar-refractivity contribution in [2.45, 2.75) is 52.8 Å². The van der Waals surface area contributed by atoms with Gasteiger partial charge in [-0.1, -0.05) is 39.0 Å². The van der Waals surface area contributed by atoms with Crippen molar-refractivity contribution >= 4 is 22.7 Å². The summed E-state index contributed by atoms with van der Waals surface area (Å²) in [7, 11) is 0. The Morgan fingerprint density at radius 1 is 1.32 bits per heavy atom. The molecule has 7 heteroatoms. The summed E-state index contributed by atoms with van der Waals surface area (Å²) in [5, 5.41) is 17.3. The van der Waals surface area contributed by atoms with E-state index >= 15 is 0 Å². The van der Waals surface area contributed by atoms with Crippen molar-refractivity contribution < 1.29 is 14.7 Å². The molecule has 2 unspecified atom stereocenters. The fourth-order valence-electron chi connectivity index (χ4n) is 2.69. The summed E-state index contributed by atoms with van der Waals surface area (Å²) in [4.78, 5) is 24.4. The van der Waals surface area contributed by atoms with Crippen LogP contribution in [0.5, 0.6) is 0 Å². The van der Waals surface area contributed by atoms with E-state index in [1.54, 1.807) is 11.6 Å². The van der Waals surface area contributed by atoms with Gasteiger partial charge in [-0.25, -0.2) is 0 Å². The predicted molar refractivity (Wildman–Crippen MR) is 95.9 cm³/mol. The maximum Gasteiger partial charge on any atom is 0.273 e. The molecule has 1 aromatic carbocycles. The van der Waals surface area contributed by atoms with Crippen LogP contribution in [0.2, 0.25) is 0 Å². The first-order valence-electron chi connectivity index (χ1n) is 8.35. The quantitative estimate of drug-likeness (QED) is 0.735. The van der Waals surface area contributed by atoms with Crippen LogP contribution in [-0.4, -0.2) is 38.8 Å². The summed E-state index contributed by atoms with van der Waals surface area (Å²) in [5.74, 6) is -1.02. The van der Waals surface area contributed by atoms with Crippen LogP contribution in [0.25, 0.3) is 10.9 Å². The van der Waals surface area contributed by atoms with E-state index in [1.165, 1.54) is 0 Å². The fourth-order valence-corrected chi connectivity index (χ4v) is 2.69. The number of aromatic nitrogens is 2. The van der Waals surface area contributed by atoms with E-state index in [0.29, 0.717) is 18.4 Å². The highest BCUT2D eigenvalue weighted by atomic mass is 16.3. The first kappa shape index (κ1) is 18.9. The topological polar surface area (TPSA) is 110 Å². The summed E-state index contributed by atoms with van der Waals surface area (Å²) in [6.07, 6.45) is 0.0684. The van der Waals surface area contributed by atoms with Gasteiger partial charge in [-0.3, -0.25) is 14.3 Å². The largest absolute Gasteiger partial charge is 0.393 e. The number of nitrogens with one attached hydrogen (secondary N) is 1. The minimum Gasteiger partial charge on any atom is -0.393 e. The SMILES string of the molecule is CC(O)CCn1nc(C(=O)NC(C(N)=O)C(C)(C)C)c2ccccc21. The molecule has 136 valence electrons. The zero-order valence-electron chi connectivity index (χ0n) is 15.1. The third kappa shape index (κ3) is 4.36. The molecule has 0 aliphatic heterocycles. The number of aryl methyl sites for hydroxylation is 1. The number of benzene rings is 1. The summed E-state index contributed by atoms with van der Waals surface area (Å²) in [6.45, 7) is 7.70. The second-order valence-corrected chi connectivity index (χ2v) is 7.40. The number of carbonyl (C=O) groups excluding carboxylic acids is 2. The fraction of sp³-hybridized carbons (Fsp3) is 0.500. The van der Waals surface area contributed by atoms with Crippen molar-refractivity contribution in [3.8, 4) is 0 Å². The van der Waals surface area contributed by atoms with Crippen LogP contribution < -0.4 is 11.1 Å². The number of amides is 2. The Hall–Kier alpha value is -2.41. The van der Waals surface area contributed by atoms with E-state index in [9.17, 15) is 14.7 Å². The maximum absolute atomic E-state index is 12.7. The van der Waals surface area contributed by atoms with Gasteiger partial charge < -0.3 is 16.2 Å². The van der Waals surface area contributed by atoms with Crippen molar-refractivity contribution in [2.75, 3.05) is 0 Å². The highest BCUT2D eigenvalue weighted by Gasteiger charge is 2.32. The first-order chi connectivity index (χ1) is 11.6. The van der Waals surface area contributed by atoms with Crippen LogP contribution >= 0.6 is 0 Å². The number of carbonyl (C=O) groups is 2. The zero-order valence-corrected chi connectivity index (χ0v) is 15.1. The minimum absolute atomic E-state index is 0.247. The normalized spacial score (nSPS) is 14.3. The number of rotatable bonds is 6. The molecule has 2 atom stereocenters. The van der Waals surface area contributed by atoms with Gasteiger partial charge in [0.05, 0.1) is 11.6 Å². The molecule has 0 aliphatic carbocycles. The molecule has 4 N–H and O–H groups in total. The van der Waals surface area contributed by atoms with Gasteiger partial charge in [-0.2, -0.15) is 5.10 Å². The van der Waals surface area contributed by atoms with Crippen molar-refractivity contribution in [3.63, 3.8) is 0 Å². The summed E-state index contributed by atoms with van der Waals surface area (Å²) >= 11 is 0. The number of primary amides is 1. The summed E-state index contributed by atoms with van der Waals surface area (Å²) in [6, 6.07) is 6.57. The molecular formula is C18H26N4O3. The second kappa shape index (κ2) is 7.23. The Balaban J connectivity index is 2.36. The van der Waals surface area contributed by atoms with E-state index in [2.05, 4.69) is 10.4 Å². The van der Waals surface area contributed by atoms with E-state index in [-0.39, 0.29) is 5.69 Å². The summed E-state index contributed by atoms with van der Waals surface area (Å²) < 4.78 is 1.70. The Morgan fingerprint density at radius 3 is 2.52 bits per heavy atom. The molecule has 0 radical (unpaired) electrons. The average molecular weight is 346 g/mol. The average Bonchev–Trinajstić information content (AvgIpc) is 2.88. The number of aliphatic hydroxyl groups excluding tert-OH is 1. The molecule has 1 heterocycles. The number of nitrogens with two attached hydrogens (primary N) is 1. The molecular weight excluding hydrogens is 320 g/mol. The molecule has 2 rings (SSSR count). The van der Waals surface area contributed by atoms with Crippen molar-refractivity contribution in [2.24, 2.45) is 11.1 Å². The van der Waals surface area contributed by atoms with Gasteiger partial charge in [0, 0.05) is 11.9 Å². The van der Waals surface area contributed by atoms with Crippen molar-refractivity contribution in [1.29, 1.82) is 0 Å². The van der Waals surface area contributed by atoms with E-state index in [4.69, 9.17) is 5.73 Å². The third-order valence-corrected chi connectivity index (χ3v) is 4.06. The molecule has 0 aliphatic rings. The molecule has 0 fully saturated rings. The van der Waals surface area contributed by atoms with Crippen LogP contribution in [0.1, 0.15) is 44.6 Å². The van der Waals surface area contributed by atoms with Gasteiger partial charge in [-0.15, -0.1) is 0 Å². The van der Waals surface area contributed by atoms with Gasteiger partial charge in [0.25, 0.3) is 5.91 Å². The molecule has 7 nitrogen and oxygen atoms in total. The number of hydrogen-bond donors (Lipinski definition) is 3. The van der Waals surface area contributed by atoms with Crippen LogP contribution in [0, 0.1) is 5.41 Å². The number of hydrogen-bond acceptors (Lipinski definition) is 4. The molecule has 2 amide bonds. The van der Waals surface area contributed by atoms with E-state index in [0.717, 1.165) is 5.52 Å². The maximum atomic E-state index is 12.7. The Kier molecular flexibility index (Phi) is 5.47. The number of aliphatic hydroxyl groups is 1. The first-order valence-corrected chi connectivity index (χ1v) is 8.35. The lowest BCUT2D eigenvalue weighted by molar-refractivity contribution is -0.122. The second-order valence-electron chi connectivity index (χ2n) is 7.40. The summed E-state index contributed by atoms with van der Waals surface area (Å²) in [5.41, 5.74) is 5.99. The van der Waals surface area contributed by atoms with Gasteiger partial charge in [0.1, 0.15) is 6.04 Å². The standard InChI is InChI=1S/C18H26N4O3/c1-11(23)9-10-22-13-8-6-5-7-12(13)14(21-22)17(25)20-15(16(19)24)18(2,3)4/h5-8,11,15,23H,9-10H2,1-4H3,(H2,19,24)(H,20,25). The van der Waals surface area contributed by atoms with Gasteiger partial charge >= 0.3 is 0 Å². The Morgan fingerprint density at radius 2 is 1.96 bits per heavy atom. The molecule has 25 heavy (non-hydrogen) atoms. The van der Waals surface area contributed by atoms with Gasteiger partial charge in [0.2, 0.25) is 5.91 Å². The van der Waals surface area contributed by atoms with Gasteiger partial charge in [0.15, 0.2) is 5.69 Å². The van der Waals surface area contributed by atoms with Crippen LogP contribution in [0.15, 0.2) is 24.3 Å². The monoisotopic (exact) mass is 346 g/mol. The molecule has 2 aromatic rings. The smallest absolute Gasteiger partial charge is 0.273 e. The van der Waals surface area contributed by atoms with Crippen molar-refractivity contribution in [3.05, 3.63) is 30.0 Å². The molecule has 0 saturated carbocycles. The van der Waals surface area contributed by atoms with Crippen LogP contribution in [-0.2, 0) is 11.3 Å². The molecule has 0 saturated heterocycles. The zero-order chi connectivity index (χ0) is 18.8. The Labute approximate surface area is 147 Å². The molecule has 1 aromatic heterocycles. The van der Waals surface area contributed by atoms with E-state index in [1.807, 2.05) is 45.0 Å². The molecule has 0 spiro atoms. The van der Waals surface area contributed by atoms with Crippen LogP contribution in [0.4, 0.5) is 0 Å². The minimum atomic E-state index is -0.804.